The van der Waals surface area contributed by atoms with E-state index < -0.39 is 11.6 Å². The number of carbonyl (C=O) groups excluding carboxylic acids is 1. The fraction of sp³-hybridized carbons (Fsp3) is 0.667. The van der Waals surface area contributed by atoms with Gasteiger partial charge >= 0.3 is 0 Å². The molecule has 4 N–H and O–H groups in total. The van der Waals surface area contributed by atoms with Gasteiger partial charge in [0, 0.05) is 0 Å². The molecule has 0 rings (SSSR count). The first-order chi connectivity index (χ1) is 5.93. The molecule has 0 aliphatic rings. The number of rotatable bonds is 5. The van der Waals surface area contributed by atoms with Crippen LogP contribution in [0.15, 0.2) is 12.7 Å². The van der Waals surface area contributed by atoms with Crippen LogP contribution in [0.2, 0.25) is 0 Å². The van der Waals surface area contributed by atoms with E-state index in [1.54, 1.807) is 19.9 Å². The van der Waals surface area contributed by atoms with Crippen molar-refractivity contribution in [3.8, 4) is 0 Å². The molecule has 0 aromatic heterocycles. The Morgan fingerprint density at radius 3 is 2.69 bits per heavy atom. The van der Waals surface area contributed by atoms with Gasteiger partial charge in [-0.2, -0.15) is 0 Å². The smallest absolute Gasteiger partial charge is 0.237 e. The zero-order chi connectivity index (χ0) is 10.5. The summed E-state index contributed by atoms with van der Waals surface area (Å²) in [4.78, 5) is 11.3. The number of carbonyl (C=O) groups is 1. The highest BCUT2D eigenvalue weighted by molar-refractivity contribution is 5.82. The minimum atomic E-state index is -0.615. The quantitative estimate of drug-likeness (QED) is 0.519. The maximum absolute atomic E-state index is 11.3. The molecule has 0 bridgehead atoms. The molecule has 1 atom stereocenters. The topological polar surface area (TPSA) is 75.4 Å². The number of nitrogens with two attached hydrogens (primary N) is 1. The van der Waals surface area contributed by atoms with E-state index in [9.17, 15) is 4.79 Å². The van der Waals surface area contributed by atoms with Crippen LogP contribution in [-0.2, 0) is 4.79 Å². The lowest BCUT2D eigenvalue weighted by Crippen LogP contribution is -2.52. The van der Waals surface area contributed by atoms with Gasteiger partial charge in [0.2, 0.25) is 5.91 Å². The number of aliphatic hydroxyl groups excluding tert-OH is 1. The van der Waals surface area contributed by atoms with Crippen molar-refractivity contribution in [3.63, 3.8) is 0 Å². The standard InChI is InChI=1S/C9H18N2O2/c1-4-5-7(10)8(13)11-9(2,3)6-12/h4,7,12H,1,5-6,10H2,2-3H3,(H,11,13). The summed E-state index contributed by atoms with van der Waals surface area (Å²) in [5.74, 6) is -0.265. The summed E-state index contributed by atoms with van der Waals surface area (Å²) in [5.41, 5.74) is 4.91. The molecule has 0 saturated heterocycles. The van der Waals surface area contributed by atoms with E-state index in [-0.39, 0.29) is 12.5 Å². The largest absolute Gasteiger partial charge is 0.394 e. The van der Waals surface area contributed by atoms with Gasteiger partial charge < -0.3 is 16.2 Å². The Labute approximate surface area is 78.8 Å². The van der Waals surface area contributed by atoms with E-state index in [0.29, 0.717) is 6.42 Å². The zero-order valence-corrected chi connectivity index (χ0v) is 8.21. The van der Waals surface area contributed by atoms with Gasteiger partial charge in [-0.25, -0.2) is 0 Å². The minimum Gasteiger partial charge on any atom is -0.394 e. The highest BCUT2D eigenvalue weighted by Crippen LogP contribution is 2.01. The van der Waals surface area contributed by atoms with Gasteiger partial charge in [-0.05, 0) is 20.3 Å². The SMILES string of the molecule is C=CCC(N)C(=O)NC(C)(C)CO. The second kappa shape index (κ2) is 4.99. The van der Waals surface area contributed by atoms with Gasteiger partial charge in [-0.15, -0.1) is 6.58 Å². The van der Waals surface area contributed by atoms with Crippen LogP contribution in [0.5, 0.6) is 0 Å². The Morgan fingerprint density at radius 2 is 2.31 bits per heavy atom. The maximum atomic E-state index is 11.3. The molecule has 0 aliphatic heterocycles. The summed E-state index contributed by atoms with van der Waals surface area (Å²) in [5, 5.41) is 11.5. The van der Waals surface area contributed by atoms with E-state index in [1.165, 1.54) is 0 Å². The van der Waals surface area contributed by atoms with Crippen molar-refractivity contribution in [2.45, 2.75) is 31.8 Å². The predicted octanol–water partition coefficient (Wildman–Crippen LogP) is -0.223. The minimum absolute atomic E-state index is 0.112. The fourth-order valence-electron chi connectivity index (χ4n) is 0.752. The van der Waals surface area contributed by atoms with Crippen molar-refractivity contribution in [1.82, 2.24) is 5.32 Å². The third-order valence-corrected chi connectivity index (χ3v) is 1.61. The Morgan fingerprint density at radius 1 is 1.77 bits per heavy atom. The van der Waals surface area contributed by atoms with Crippen LogP contribution in [0.4, 0.5) is 0 Å². The summed E-state index contributed by atoms with van der Waals surface area (Å²) in [6, 6.07) is -0.580. The summed E-state index contributed by atoms with van der Waals surface area (Å²) < 4.78 is 0. The van der Waals surface area contributed by atoms with Gasteiger partial charge in [0.05, 0.1) is 18.2 Å². The lowest BCUT2D eigenvalue weighted by Gasteiger charge is -2.25. The maximum Gasteiger partial charge on any atom is 0.237 e. The zero-order valence-electron chi connectivity index (χ0n) is 8.21. The van der Waals surface area contributed by atoms with Crippen LogP contribution < -0.4 is 11.1 Å². The molecule has 0 aromatic carbocycles. The molecule has 1 unspecified atom stereocenters. The number of hydrogen-bond donors (Lipinski definition) is 3. The third kappa shape index (κ3) is 4.65. The molecule has 0 spiro atoms. The highest BCUT2D eigenvalue weighted by Gasteiger charge is 2.21. The molecule has 0 aromatic rings. The lowest BCUT2D eigenvalue weighted by molar-refractivity contribution is -0.124. The Balaban J connectivity index is 4.06. The first kappa shape index (κ1) is 12.1. The average Bonchev–Trinajstić information content (AvgIpc) is 2.04. The number of hydrogen-bond acceptors (Lipinski definition) is 3. The summed E-state index contributed by atoms with van der Waals surface area (Å²) in [7, 11) is 0. The van der Waals surface area contributed by atoms with Crippen LogP contribution >= 0.6 is 0 Å². The fourth-order valence-corrected chi connectivity index (χ4v) is 0.752. The molecule has 0 fully saturated rings. The van der Waals surface area contributed by atoms with Crippen molar-refractivity contribution in [1.29, 1.82) is 0 Å². The monoisotopic (exact) mass is 186 g/mol. The molecule has 1 amide bonds. The molecular formula is C9H18N2O2. The van der Waals surface area contributed by atoms with Crippen molar-refractivity contribution in [2.75, 3.05) is 6.61 Å². The highest BCUT2D eigenvalue weighted by atomic mass is 16.3. The van der Waals surface area contributed by atoms with Crippen molar-refractivity contribution < 1.29 is 9.90 Å². The number of nitrogens with one attached hydrogen (secondary N) is 1. The lowest BCUT2D eigenvalue weighted by atomic mass is 10.1. The molecule has 0 aliphatic carbocycles. The summed E-state index contributed by atoms with van der Waals surface area (Å²) >= 11 is 0. The molecule has 0 heterocycles. The first-order valence-corrected chi connectivity index (χ1v) is 4.22. The van der Waals surface area contributed by atoms with Crippen molar-refractivity contribution in [3.05, 3.63) is 12.7 Å². The normalized spacial score (nSPS) is 13.5. The number of amides is 1. The molecule has 4 heteroatoms. The van der Waals surface area contributed by atoms with Crippen LogP contribution in [-0.4, -0.2) is 29.2 Å². The Hall–Kier alpha value is -0.870. The van der Waals surface area contributed by atoms with Gasteiger partial charge in [0.25, 0.3) is 0 Å². The van der Waals surface area contributed by atoms with Crippen LogP contribution in [0.1, 0.15) is 20.3 Å². The summed E-state index contributed by atoms with van der Waals surface area (Å²) in [6.45, 7) is 6.83. The van der Waals surface area contributed by atoms with Crippen molar-refractivity contribution >= 4 is 5.91 Å². The third-order valence-electron chi connectivity index (χ3n) is 1.61. The van der Waals surface area contributed by atoms with E-state index >= 15 is 0 Å². The first-order valence-electron chi connectivity index (χ1n) is 4.22. The van der Waals surface area contributed by atoms with Gasteiger partial charge in [0.1, 0.15) is 0 Å². The van der Waals surface area contributed by atoms with E-state index in [0.717, 1.165) is 0 Å². The molecule has 0 radical (unpaired) electrons. The van der Waals surface area contributed by atoms with Crippen LogP contribution in [0.25, 0.3) is 0 Å². The molecule has 76 valence electrons. The molecule has 0 saturated carbocycles. The van der Waals surface area contributed by atoms with E-state index in [2.05, 4.69) is 11.9 Å². The van der Waals surface area contributed by atoms with Crippen molar-refractivity contribution in [2.24, 2.45) is 5.73 Å². The van der Waals surface area contributed by atoms with Gasteiger partial charge in [0.15, 0.2) is 0 Å². The average molecular weight is 186 g/mol. The number of aliphatic hydroxyl groups is 1. The van der Waals surface area contributed by atoms with E-state index in [1.807, 2.05) is 0 Å². The molecular weight excluding hydrogens is 168 g/mol. The summed E-state index contributed by atoms with van der Waals surface area (Å²) in [6.07, 6.45) is 2.03. The second-order valence-electron chi connectivity index (χ2n) is 3.66. The predicted molar refractivity (Wildman–Crippen MR) is 52.1 cm³/mol. The van der Waals surface area contributed by atoms with Gasteiger partial charge in [-0.1, -0.05) is 6.08 Å². The molecule has 13 heavy (non-hydrogen) atoms. The Kier molecular flexibility index (Phi) is 4.66. The van der Waals surface area contributed by atoms with E-state index in [4.69, 9.17) is 10.8 Å². The van der Waals surface area contributed by atoms with Gasteiger partial charge in [-0.3, -0.25) is 4.79 Å². The Bertz CT molecular complexity index is 190. The second-order valence-corrected chi connectivity index (χ2v) is 3.66. The van der Waals surface area contributed by atoms with Crippen LogP contribution in [0.3, 0.4) is 0 Å². The van der Waals surface area contributed by atoms with Crippen LogP contribution in [0, 0.1) is 0 Å². The molecule has 4 nitrogen and oxygen atoms in total.